The van der Waals surface area contributed by atoms with Crippen LogP contribution in [-0.4, -0.2) is 36.6 Å². The summed E-state index contributed by atoms with van der Waals surface area (Å²) < 4.78 is 19.4. The van der Waals surface area contributed by atoms with Crippen LogP contribution in [0.25, 0.3) is 0 Å². The lowest BCUT2D eigenvalue weighted by Gasteiger charge is -2.46. The first-order chi connectivity index (χ1) is 26.1. The van der Waals surface area contributed by atoms with Crippen LogP contribution in [0.5, 0.6) is 11.5 Å². The van der Waals surface area contributed by atoms with Crippen molar-refractivity contribution in [3.63, 3.8) is 0 Å². The maximum absolute atomic E-state index is 13.8. The van der Waals surface area contributed by atoms with E-state index in [2.05, 4.69) is 51.7 Å². The SMILES string of the molecule is COc1ccc(C(OC(c2ccccc2)(c2ccccc2)c2ccccc2)(c2ccc(OC)cc2)c2cccc(C(=O)NCCc3ncc[nH]3)c2)cc1. The smallest absolute Gasteiger partial charge is 0.251 e. The zero-order valence-electron chi connectivity index (χ0n) is 29.7. The second-order valence-corrected chi connectivity index (χ2v) is 12.6. The van der Waals surface area contributed by atoms with E-state index in [1.165, 1.54) is 0 Å². The monoisotopic (exact) mass is 699 g/mol. The highest BCUT2D eigenvalue weighted by Gasteiger charge is 2.49. The molecule has 7 nitrogen and oxygen atoms in total. The number of nitrogens with zero attached hydrogens (tertiary/aromatic N) is 1. The Bertz CT molecular complexity index is 2060. The number of methoxy groups -OCH3 is 2. The molecule has 7 rings (SSSR count). The van der Waals surface area contributed by atoms with Crippen LogP contribution < -0.4 is 14.8 Å². The Hall–Kier alpha value is -6.44. The van der Waals surface area contributed by atoms with Crippen molar-refractivity contribution in [2.75, 3.05) is 20.8 Å². The summed E-state index contributed by atoms with van der Waals surface area (Å²) in [7, 11) is 3.31. The molecular weight excluding hydrogens is 659 g/mol. The van der Waals surface area contributed by atoms with E-state index in [-0.39, 0.29) is 5.91 Å². The van der Waals surface area contributed by atoms with Crippen LogP contribution in [0.4, 0.5) is 0 Å². The summed E-state index contributed by atoms with van der Waals surface area (Å²) in [6.45, 7) is 0.425. The molecule has 7 aromatic rings. The lowest BCUT2D eigenvalue weighted by atomic mass is 9.75. The summed E-state index contributed by atoms with van der Waals surface area (Å²) >= 11 is 0. The summed E-state index contributed by atoms with van der Waals surface area (Å²) in [5.41, 5.74) is 3.31. The van der Waals surface area contributed by atoms with Gasteiger partial charge >= 0.3 is 0 Å². The van der Waals surface area contributed by atoms with Crippen LogP contribution in [0.15, 0.2) is 176 Å². The first kappa shape index (κ1) is 35.0. The molecule has 2 N–H and O–H groups in total. The van der Waals surface area contributed by atoms with Gasteiger partial charge < -0.3 is 24.5 Å². The molecule has 0 aliphatic heterocycles. The Morgan fingerprint density at radius 2 is 1.04 bits per heavy atom. The predicted molar refractivity (Wildman–Crippen MR) is 207 cm³/mol. The van der Waals surface area contributed by atoms with Crippen molar-refractivity contribution in [1.82, 2.24) is 15.3 Å². The summed E-state index contributed by atoms with van der Waals surface area (Å²) in [6, 6.07) is 54.5. The molecule has 0 fully saturated rings. The molecule has 0 atom stereocenters. The maximum atomic E-state index is 13.8. The number of imidazole rings is 1. The van der Waals surface area contributed by atoms with Gasteiger partial charge in [-0.1, -0.05) is 127 Å². The average Bonchev–Trinajstić information content (AvgIpc) is 3.76. The normalized spacial score (nSPS) is 11.5. The Morgan fingerprint density at radius 1 is 0.585 bits per heavy atom. The van der Waals surface area contributed by atoms with Crippen molar-refractivity contribution in [2.24, 2.45) is 0 Å². The van der Waals surface area contributed by atoms with Gasteiger partial charge in [0, 0.05) is 30.9 Å². The molecule has 0 aliphatic rings. The average molecular weight is 700 g/mol. The van der Waals surface area contributed by atoms with Crippen molar-refractivity contribution < 1.29 is 19.0 Å². The number of benzene rings is 6. The van der Waals surface area contributed by atoms with Gasteiger partial charge in [-0.3, -0.25) is 4.79 Å². The first-order valence-electron chi connectivity index (χ1n) is 17.6. The quantitative estimate of drug-likeness (QED) is 0.111. The second kappa shape index (κ2) is 15.8. The first-order valence-corrected chi connectivity index (χ1v) is 17.6. The number of aromatic nitrogens is 2. The van der Waals surface area contributed by atoms with Crippen molar-refractivity contribution in [3.8, 4) is 11.5 Å². The van der Waals surface area contributed by atoms with Gasteiger partial charge in [-0.25, -0.2) is 4.98 Å². The van der Waals surface area contributed by atoms with Gasteiger partial charge in [0.05, 0.1) is 14.2 Å². The van der Waals surface area contributed by atoms with Gasteiger partial charge in [-0.2, -0.15) is 0 Å². The number of H-pyrrole nitrogens is 1. The Morgan fingerprint density at radius 3 is 1.49 bits per heavy atom. The number of carbonyl (C=O) groups excluding carboxylic acids is 1. The third-order valence-electron chi connectivity index (χ3n) is 9.57. The number of hydrogen-bond acceptors (Lipinski definition) is 5. The molecule has 0 bridgehead atoms. The van der Waals surface area contributed by atoms with Crippen LogP contribution in [0.3, 0.4) is 0 Å². The molecule has 1 heterocycles. The second-order valence-electron chi connectivity index (χ2n) is 12.6. The zero-order chi connectivity index (χ0) is 36.5. The minimum absolute atomic E-state index is 0.197. The van der Waals surface area contributed by atoms with Gasteiger partial charge in [0.1, 0.15) is 28.5 Å². The number of hydrogen-bond donors (Lipinski definition) is 2. The fourth-order valence-corrected chi connectivity index (χ4v) is 6.96. The van der Waals surface area contributed by atoms with Gasteiger partial charge in [-0.05, 0) is 69.8 Å². The largest absolute Gasteiger partial charge is 0.497 e. The van der Waals surface area contributed by atoms with Gasteiger partial charge in [0.2, 0.25) is 0 Å². The maximum Gasteiger partial charge on any atom is 0.251 e. The van der Waals surface area contributed by atoms with Crippen molar-refractivity contribution in [2.45, 2.75) is 17.6 Å². The molecular formula is C46H41N3O4. The predicted octanol–water partition coefficient (Wildman–Crippen LogP) is 8.70. The van der Waals surface area contributed by atoms with Crippen molar-refractivity contribution in [3.05, 3.63) is 221 Å². The van der Waals surface area contributed by atoms with E-state index in [1.54, 1.807) is 26.6 Å². The number of amides is 1. The third kappa shape index (κ3) is 7.07. The number of rotatable bonds is 14. The standard InChI is InChI=1S/C46H41N3O4/c1-51-41-25-21-38(22-26-41)46(39-23-27-42(52-2)28-24-39,40-20-12-13-34(33-40)44(50)49-30-29-43-47-31-32-48-43)53-45(35-14-6-3-7-15-35,36-16-8-4-9-17-36)37-18-10-5-11-19-37/h3-28,31-33H,29-30H2,1-2H3,(H,47,48)(H,49,50). The minimum Gasteiger partial charge on any atom is -0.497 e. The van der Waals surface area contributed by atoms with Crippen molar-refractivity contribution >= 4 is 5.91 Å². The molecule has 264 valence electrons. The van der Waals surface area contributed by atoms with E-state index in [9.17, 15) is 4.79 Å². The molecule has 1 amide bonds. The Labute approximate surface area is 310 Å². The molecule has 0 radical (unpaired) electrons. The number of carbonyl (C=O) groups is 1. The molecule has 0 saturated heterocycles. The van der Waals surface area contributed by atoms with Crippen LogP contribution in [0.2, 0.25) is 0 Å². The van der Waals surface area contributed by atoms with Crippen LogP contribution in [0.1, 0.15) is 49.6 Å². The lowest BCUT2D eigenvalue weighted by molar-refractivity contribution is -0.0810. The van der Waals surface area contributed by atoms with Gasteiger partial charge in [-0.15, -0.1) is 0 Å². The molecule has 0 spiro atoms. The third-order valence-corrected chi connectivity index (χ3v) is 9.57. The molecule has 6 aromatic carbocycles. The molecule has 7 heteroatoms. The Balaban J connectivity index is 1.50. The minimum atomic E-state index is -1.30. The topological polar surface area (TPSA) is 85.5 Å². The lowest BCUT2D eigenvalue weighted by Crippen LogP contribution is -2.44. The van der Waals surface area contributed by atoms with E-state index >= 15 is 0 Å². The fraction of sp³-hybridized carbons (Fsp3) is 0.130. The summed E-state index contributed by atoms with van der Waals surface area (Å²) in [5, 5.41) is 3.08. The molecule has 1 aromatic heterocycles. The van der Waals surface area contributed by atoms with E-state index in [4.69, 9.17) is 14.2 Å². The van der Waals surface area contributed by atoms with E-state index in [0.29, 0.717) is 30.0 Å². The molecule has 0 unspecified atom stereocenters. The van der Waals surface area contributed by atoms with Crippen LogP contribution in [-0.2, 0) is 22.4 Å². The van der Waals surface area contributed by atoms with Gasteiger partial charge in [0.25, 0.3) is 5.91 Å². The van der Waals surface area contributed by atoms with Crippen molar-refractivity contribution in [1.29, 1.82) is 0 Å². The van der Waals surface area contributed by atoms with E-state index in [1.807, 2.05) is 127 Å². The summed E-state index contributed by atoms with van der Waals surface area (Å²) in [6.07, 6.45) is 4.06. The highest BCUT2D eigenvalue weighted by Crippen LogP contribution is 2.51. The molecule has 0 saturated carbocycles. The number of ether oxygens (including phenoxy) is 3. The number of aromatic amines is 1. The van der Waals surface area contributed by atoms with E-state index in [0.717, 1.165) is 39.2 Å². The van der Waals surface area contributed by atoms with Gasteiger partial charge in [0.15, 0.2) is 0 Å². The highest BCUT2D eigenvalue weighted by molar-refractivity contribution is 5.94. The highest BCUT2D eigenvalue weighted by atomic mass is 16.5. The Kier molecular flexibility index (Phi) is 10.5. The summed E-state index contributed by atoms with van der Waals surface area (Å²) in [4.78, 5) is 21.2. The molecule has 53 heavy (non-hydrogen) atoms. The van der Waals surface area contributed by atoms with Crippen LogP contribution >= 0.6 is 0 Å². The summed E-state index contributed by atoms with van der Waals surface area (Å²) in [5.74, 6) is 2.03. The van der Waals surface area contributed by atoms with Crippen LogP contribution in [0, 0.1) is 0 Å². The molecule has 0 aliphatic carbocycles. The zero-order valence-corrected chi connectivity index (χ0v) is 29.7. The van der Waals surface area contributed by atoms with E-state index < -0.39 is 11.2 Å². The fourth-order valence-electron chi connectivity index (χ4n) is 6.96. The number of nitrogens with one attached hydrogen (secondary N) is 2.